The Morgan fingerprint density at radius 3 is 2.48 bits per heavy atom. The van der Waals surface area contributed by atoms with Gasteiger partial charge in [-0.25, -0.2) is 4.79 Å². The van der Waals surface area contributed by atoms with Crippen LogP contribution in [0.4, 0.5) is 18.9 Å². The molecule has 0 bridgehead atoms. The van der Waals surface area contributed by atoms with Crippen LogP contribution in [0.25, 0.3) is 22.8 Å². The number of carboxylic acid groups (broad SMARTS) is 1. The van der Waals surface area contributed by atoms with Gasteiger partial charge in [0, 0.05) is 40.9 Å². The number of anilines is 1. The van der Waals surface area contributed by atoms with Gasteiger partial charge in [0.05, 0.1) is 11.8 Å². The van der Waals surface area contributed by atoms with Crippen LogP contribution < -0.4 is 15.8 Å². The summed E-state index contributed by atoms with van der Waals surface area (Å²) in [5.74, 6) is -2.21. The van der Waals surface area contributed by atoms with E-state index in [0.29, 0.717) is 17.9 Å². The standard InChI is InChI=1S/C27H24N4O2.C2HF3O2/c28-21(11-18-5-2-1-3-6-18)17-33-23-12-20(15-29-16-23)19-8-9-26-24(13-19)25(27(32)31-26)14-22-7-4-10-30-22;3-2(4,5)1(6)7/h1-10,12-16,21,30H,11,17,28H2,(H,31,32);(H,6,7)/b25-14-;/t21-;/m0./s1. The minimum atomic E-state index is -5.08. The molecule has 206 valence electrons. The number of nitrogens with zero attached hydrogens (tertiary/aromatic N) is 1. The third-order valence-corrected chi connectivity index (χ3v) is 5.82. The Morgan fingerprint density at radius 1 is 1.05 bits per heavy atom. The first-order valence-electron chi connectivity index (χ1n) is 12.1. The monoisotopic (exact) mass is 550 g/mol. The topological polar surface area (TPSA) is 130 Å². The quantitative estimate of drug-likeness (QED) is 0.236. The first kappa shape index (κ1) is 28.1. The number of aromatic nitrogens is 2. The van der Waals surface area contributed by atoms with Crippen LogP contribution >= 0.6 is 0 Å². The summed E-state index contributed by atoms with van der Waals surface area (Å²) in [6.45, 7) is 0.395. The molecule has 0 saturated carbocycles. The average molecular weight is 551 g/mol. The van der Waals surface area contributed by atoms with Gasteiger partial charge in [-0.05, 0) is 54.0 Å². The van der Waals surface area contributed by atoms with Crippen molar-refractivity contribution < 1.29 is 32.6 Å². The lowest BCUT2D eigenvalue weighted by Crippen LogP contribution is -2.30. The van der Waals surface area contributed by atoms with Crippen molar-refractivity contribution in [3.63, 3.8) is 0 Å². The van der Waals surface area contributed by atoms with Gasteiger partial charge in [0.15, 0.2) is 0 Å². The van der Waals surface area contributed by atoms with Crippen molar-refractivity contribution in [1.82, 2.24) is 9.97 Å². The van der Waals surface area contributed by atoms with Gasteiger partial charge in [-0.15, -0.1) is 0 Å². The number of benzene rings is 2. The molecule has 0 aliphatic carbocycles. The summed E-state index contributed by atoms with van der Waals surface area (Å²) < 4.78 is 37.7. The molecule has 0 saturated heterocycles. The van der Waals surface area contributed by atoms with Crippen molar-refractivity contribution in [2.45, 2.75) is 18.6 Å². The predicted molar refractivity (Wildman–Crippen MR) is 144 cm³/mol. The summed E-state index contributed by atoms with van der Waals surface area (Å²) >= 11 is 0. The second-order valence-corrected chi connectivity index (χ2v) is 8.87. The van der Waals surface area contributed by atoms with Crippen LogP contribution in [-0.2, 0) is 16.0 Å². The lowest BCUT2D eigenvalue weighted by atomic mass is 10.00. The third-order valence-electron chi connectivity index (χ3n) is 5.82. The number of carbonyl (C=O) groups is 2. The van der Waals surface area contributed by atoms with Crippen LogP contribution in [0.15, 0.2) is 85.3 Å². The molecule has 0 unspecified atom stereocenters. The Labute approximate surface area is 227 Å². The second kappa shape index (κ2) is 12.3. The molecule has 2 aromatic carbocycles. The summed E-state index contributed by atoms with van der Waals surface area (Å²) in [5.41, 5.74) is 12.5. The SMILES string of the molecule is N[C@H](COc1cncc(-c2ccc3c(c2)/C(=C/c2ccc[nH]2)C(=O)N3)c1)Cc1ccccc1.O=C(O)C(F)(F)F. The largest absolute Gasteiger partial charge is 0.490 e. The Balaban J connectivity index is 0.000000470. The Bertz CT molecular complexity index is 1500. The van der Waals surface area contributed by atoms with E-state index in [1.54, 1.807) is 12.4 Å². The Morgan fingerprint density at radius 2 is 1.80 bits per heavy atom. The van der Waals surface area contributed by atoms with Crippen LogP contribution in [0.5, 0.6) is 5.75 Å². The zero-order chi connectivity index (χ0) is 28.7. The molecule has 1 atom stereocenters. The molecule has 1 aliphatic rings. The summed E-state index contributed by atoms with van der Waals surface area (Å²) in [5, 5.41) is 10.1. The van der Waals surface area contributed by atoms with E-state index in [4.69, 9.17) is 20.4 Å². The van der Waals surface area contributed by atoms with Gasteiger partial charge in [0.1, 0.15) is 12.4 Å². The molecule has 40 heavy (non-hydrogen) atoms. The number of alkyl halides is 3. The number of aromatic amines is 1. The molecular weight excluding hydrogens is 525 g/mol. The smallest absolute Gasteiger partial charge is 0.490 e. The maximum atomic E-state index is 12.5. The van der Waals surface area contributed by atoms with E-state index >= 15 is 0 Å². The highest BCUT2D eigenvalue weighted by Gasteiger charge is 2.38. The fraction of sp³-hybridized carbons (Fsp3) is 0.138. The molecule has 1 aliphatic heterocycles. The number of fused-ring (bicyclic) bond motifs is 1. The highest BCUT2D eigenvalue weighted by atomic mass is 19.4. The number of aliphatic carboxylic acids is 1. The minimum Gasteiger partial charge on any atom is -0.490 e. The van der Waals surface area contributed by atoms with Crippen LogP contribution in [-0.4, -0.2) is 45.8 Å². The number of nitrogens with two attached hydrogens (primary N) is 1. The molecule has 2 aromatic heterocycles. The van der Waals surface area contributed by atoms with E-state index in [2.05, 4.69) is 27.4 Å². The number of hydrogen-bond acceptors (Lipinski definition) is 5. The zero-order valence-electron chi connectivity index (χ0n) is 21.0. The Hall–Kier alpha value is -4.90. The zero-order valence-corrected chi connectivity index (χ0v) is 21.0. The number of carboxylic acids is 1. The van der Waals surface area contributed by atoms with Gasteiger partial charge < -0.3 is 25.9 Å². The number of ether oxygens (including phenoxy) is 1. The van der Waals surface area contributed by atoms with Crippen molar-refractivity contribution in [2.75, 3.05) is 11.9 Å². The van der Waals surface area contributed by atoms with Crippen LogP contribution in [0.2, 0.25) is 0 Å². The van der Waals surface area contributed by atoms with Crippen LogP contribution in [0, 0.1) is 0 Å². The molecule has 0 spiro atoms. The predicted octanol–water partition coefficient (Wildman–Crippen LogP) is 5.15. The van der Waals surface area contributed by atoms with Gasteiger partial charge >= 0.3 is 12.1 Å². The summed E-state index contributed by atoms with van der Waals surface area (Å²) in [6.07, 6.45) is 2.83. The number of hydrogen-bond donors (Lipinski definition) is 4. The van der Waals surface area contributed by atoms with Gasteiger partial charge in [0.2, 0.25) is 0 Å². The van der Waals surface area contributed by atoms with Crippen LogP contribution in [0.3, 0.4) is 0 Å². The number of amides is 1. The highest BCUT2D eigenvalue weighted by Crippen LogP contribution is 2.36. The number of nitrogens with one attached hydrogen (secondary N) is 2. The van der Waals surface area contributed by atoms with Gasteiger partial charge in [-0.2, -0.15) is 13.2 Å². The average Bonchev–Trinajstić information content (AvgIpc) is 3.55. The summed E-state index contributed by atoms with van der Waals surface area (Å²) in [6, 6.07) is 21.7. The number of rotatable bonds is 7. The maximum absolute atomic E-state index is 12.5. The molecule has 5 rings (SSSR count). The first-order chi connectivity index (χ1) is 19.1. The number of halogens is 3. The van der Waals surface area contributed by atoms with E-state index in [1.165, 1.54) is 5.56 Å². The normalized spacial score (nSPS) is 14.1. The third kappa shape index (κ3) is 7.35. The molecule has 8 nitrogen and oxygen atoms in total. The molecule has 5 N–H and O–H groups in total. The minimum absolute atomic E-state index is 0.112. The van der Waals surface area contributed by atoms with Gasteiger partial charge in [0.25, 0.3) is 5.91 Å². The molecule has 3 heterocycles. The van der Waals surface area contributed by atoms with E-state index in [9.17, 15) is 18.0 Å². The van der Waals surface area contributed by atoms with Crippen molar-refractivity contribution in [3.05, 3.63) is 102 Å². The van der Waals surface area contributed by atoms with E-state index < -0.39 is 12.1 Å². The fourth-order valence-corrected chi connectivity index (χ4v) is 3.94. The maximum Gasteiger partial charge on any atom is 0.490 e. The summed E-state index contributed by atoms with van der Waals surface area (Å²) in [4.78, 5) is 28.9. The summed E-state index contributed by atoms with van der Waals surface area (Å²) in [7, 11) is 0. The molecule has 1 amide bonds. The number of pyridine rings is 1. The van der Waals surface area contributed by atoms with E-state index in [0.717, 1.165) is 34.5 Å². The van der Waals surface area contributed by atoms with E-state index in [-0.39, 0.29) is 11.9 Å². The van der Waals surface area contributed by atoms with Gasteiger partial charge in [-0.1, -0.05) is 36.4 Å². The second-order valence-electron chi connectivity index (χ2n) is 8.87. The first-order valence-corrected chi connectivity index (χ1v) is 12.1. The van der Waals surface area contributed by atoms with Crippen molar-refractivity contribution >= 4 is 29.2 Å². The van der Waals surface area contributed by atoms with Gasteiger partial charge in [-0.3, -0.25) is 9.78 Å². The highest BCUT2D eigenvalue weighted by molar-refractivity contribution is 6.35. The number of carbonyl (C=O) groups excluding carboxylic acids is 1. The van der Waals surface area contributed by atoms with Crippen LogP contribution in [0.1, 0.15) is 16.8 Å². The molecular formula is C29H25F3N4O4. The molecule has 11 heteroatoms. The van der Waals surface area contributed by atoms with Crippen molar-refractivity contribution in [3.8, 4) is 16.9 Å². The number of H-pyrrole nitrogens is 1. The molecule has 4 aromatic rings. The van der Waals surface area contributed by atoms with Crippen molar-refractivity contribution in [2.24, 2.45) is 5.73 Å². The lowest BCUT2D eigenvalue weighted by molar-refractivity contribution is -0.192. The lowest BCUT2D eigenvalue weighted by Gasteiger charge is -2.14. The molecule has 0 radical (unpaired) electrons. The van der Waals surface area contributed by atoms with Crippen molar-refractivity contribution in [1.29, 1.82) is 0 Å². The fourth-order valence-electron chi connectivity index (χ4n) is 3.94. The van der Waals surface area contributed by atoms with E-state index in [1.807, 2.05) is 66.9 Å². The Kier molecular flexibility index (Phi) is 8.65. The molecule has 0 fully saturated rings.